The largest absolute Gasteiger partial charge is 0.496 e. The van der Waals surface area contributed by atoms with Crippen LogP contribution in [0.25, 0.3) is 11.3 Å². The standard InChI is InChI=1S/C37H47N3O6/c1-24-8-6-9-29(31-10-7-11-34(38-31)40-20-25(2)37(3,36(41)42)33(40)23-43-4)35(24)46-22-26-18-27-12-15-39(28-13-16-45-17-14-28)21-30(27)32(19-26)44-5/h6-11,18-19,25,28,33H,12-17,20-23H2,1-5H3,(H,41,42)/t25-,33+,37+/m0/s1. The number of nitrogens with zero attached hydrogens (tertiary/aromatic N) is 3. The summed E-state index contributed by atoms with van der Waals surface area (Å²) in [6.45, 7) is 10.8. The van der Waals surface area contributed by atoms with E-state index >= 15 is 0 Å². The van der Waals surface area contributed by atoms with Gasteiger partial charge in [0.25, 0.3) is 0 Å². The second kappa shape index (κ2) is 13.6. The minimum atomic E-state index is -0.954. The average molecular weight is 630 g/mol. The SMILES string of the molecule is COC[C@H]1N(c2cccc(-c3cccc(C)c3OCc3cc4c(c(OC)c3)CN(C3CCOCC3)CC4)n2)C[C@H](C)[C@@]1(C)C(=O)O. The lowest BCUT2D eigenvalue weighted by atomic mass is 9.76. The van der Waals surface area contributed by atoms with Crippen molar-refractivity contribution in [2.24, 2.45) is 11.3 Å². The number of anilines is 1. The van der Waals surface area contributed by atoms with Crippen LogP contribution in [0, 0.1) is 18.3 Å². The zero-order valence-electron chi connectivity index (χ0n) is 27.8. The van der Waals surface area contributed by atoms with Gasteiger partial charge in [-0.3, -0.25) is 9.69 Å². The van der Waals surface area contributed by atoms with Gasteiger partial charge in [-0.15, -0.1) is 0 Å². The molecule has 0 saturated carbocycles. The first kappa shape index (κ1) is 32.3. The molecule has 0 amide bonds. The van der Waals surface area contributed by atoms with E-state index in [1.165, 1.54) is 11.1 Å². The first-order valence-corrected chi connectivity index (χ1v) is 16.4. The molecule has 0 radical (unpaired) electrons. The van der Waals surface area contributed by atoms with Gasteiger partial charge in [0.15, 0.2) is 0 Å². The van der Waals surface area contributed by atoms with Crippen LogP contribution in [-0.2, 0) is 33.8 Å². The van der Waals surface area contributed by atoms with Crippen molar-refractivity contribution >= 4 is 11.8 Å². The Morgan fingerprint density at radius 2 is 1.91 bits per heavy atom. The Morgan fingerprint density at radius 1 is 1.13 bits per heavy atom. The van der Waals surface area contributed by atoms with Gasteiger partial charge in [0.2, 0.25) is 0 Å². The number of aromatic nitrogens is 1. The fourth-order valence-electron chi connectivity index (χ4n) is 7.57. The van der Waals surface area contributed by atoms with E-state index in [-0.39, 0.29) is 12.0 Å². The monoisotopic (exact) mass is 629 g/mol. The molecule has 0 aliphatic carbocycles. The summed E-state index contributed by atoms with van der Waals surface area (Å²) in [4.78, 5) is 22.2. The predicted molar refractivity (Wildman–Crippen MR) is 178 cm³/mol. The van der Waals surface area contributed by atoms with Crippen molar-refractivity contribution in [1.29, 1.82) is 0 Å². The molecule has 3 atom stereocenters. The molecule has 46 heavy (non-hydrogen) atoms. The summed E-state index contributed by atoms with van der Waals surface area (Å²) in [5.74, 6) is 1.55. The molecule has 4 heterocycles. The van der Waals surface area contributed by atoms with Crippen LogP contribution in [0.15, 0.2) is 48.5 Å². The van der Waals surface area contributed by atoms with Gasteiger partial charge in [0.1, 0.15) is 23.9 Å². The van der Waals surface area contributed by atoms with Gasteiger partial charge in [-0.05, 0) is 80.0 Å². The number of fused-ring (bicyclic) bond motifs is 1. The molecule has 0 unspecified atom stereocenters. The number of hydrogen-bond donors (Lipinski definition) is 1. The van der Waals surface area contributed by atoms with Crippen LogP contribution in [0.4, 0.5) is 5.82 Å². The van der Waals surface area contributed by atoms with Gasteiger partial charge in [-0.2, -0.15) is 0 Å². The van der Waals surface area contributed by atoms with Gasteiger partial charge >= 0.3 is 5.97 Å². The Morgan fingerprint density at radius 3 is 2.65 bits per heavy atom. The highest BCUT2D eigenvalue weighted by Crippen LogP contribution is 2.44. The number of carbonyl (C=O) groups is 1. The molecule has 3 aliphatic heterocycles. The van der Waals surface area contributed by atoms with Gasteiger partial charge < -0.3 is 29.0 Å². The van der Waals surface area contributed by atoms with Gasteiger partial charge in [-0.1, -0.05) is 31.2 Å². The number of pyridine rings is 1. The van der Waals surface area contributed by atoms with E-state index in [4.69, 9.17) is 23.9 Å². The maximum absolute atomic E-state index is 12.4. The Hall–Kier alpha value is -3.66. The van der Waals surface area contributed by atoms with Crippen molar-refractivity contribution in [3.05, 3.63) is 70.8 Å². The molecule has 1 N–H and O–H groups in total. The first-order valence-electron chi connectivity index (χ1n) is 16.4. The zero-order chi connectivity index (χ0) is 32.4. The Balaban J connectivity index is 1.24. The first-order chi connectivity index (χ1) is 22.2. The van der Waals surface area contributed by atoms with E-state index in [0.717, 1.165) is 85.3 Å². The number of carboxylic acids is 1. The maximum Gasteiger partial charge on any atom is 0.311 e. The van der Waals surface area contributed by atoms with Crippen LogP contribution in [0.5, 0.6) is 11.5 Å². The summed E-state index contributed by atoms with van der Waals surface area (Å²) in [7, 11) is 3.37. The van der Waals surface area contributed by atoms with Crippen LogP contribution in [0.2, 0.25) is 0 Å². The molecular formula is C37H47N3O6. The normalized spacial score (nSPS) is 23.7. The summed E-state index contributed by atoms with van der Waals surface area (Å²) >= 11 is 0. The molecule has 3 aliphatic rings. The Labute approximate surface area is 272 Å². The third-order valence-electron chi connectivity index (χ3n) is 10.6. The highest BCUT2D eigenvalue weighted by atomic mass is 16.5. The zero-order valence-corrected chi connectivity index (χ0v) is 27.8. The number of rotatable bonds is 10. The van der Waals surface area contributed by atoms with Crippen molar-refractivity contribution in [3.8, 4) is 22.8 Å². The van der Waals surface area contributed by atoms with Crippen LogP contribution in [0.1, 0.15) is 48.9 Å². The smallest absolute Gasteiger partial charge is 0.311 e. The second-order valence-corrected chi connectivity index (χ2v) is 13.2. The summed E-state index contributed by atoms with van der Waals surface area (Å²) < 4.78 is 23.6. The number of hydrogen-bond acceptors (Lipinski definition) is 8. The van der Waals surface area contributed by atoms with Crippen molar-refractivity contribution in [3.63, 3.8) is 0 Å². The molecule has 2 aromatic carbocycles. The molecule has 246 valence electrons. The lowest BCUT2D eigenvalue weighted by Gasteiger charge is -2.38. The molecule has 2 fully saturated rings. The highest BCUT2D eigenvalue weighted by Gasteiger charge is 2.54. The quantitative estimate of drug-likeness (QED) is 0.301. The van der Waals surface area contributed by atoms with E-state index in [2.05, 4.69) is 34.9 Å². The van der Waals surface area contributed by atoms with Gasteiger partial charge in [0, 0.05) is 57.1 Å². The number of carboxylic acid groups (broad SMARTS) is 1. The highest BCUT2D eigenvalue weighted by molar-refractivity contribution is 5.78. The molecule has 6 rings (SSSR count). The maximum atomic E-state index is 12.4. The molecule has 9 nitrogen and oxygen atoms in total. The molecule has 1 aromatic heterocycles. The van der Waals surface area contributed by atoms with E-state index in [9.17, 15) is 9.90 Å². The van der Waals surface area contributed by atoms with Crippen molar-refractivity contribution in [1.82, 2.24) is 9.88 Å². The molecule has 0 bridgehead atoms. The summed E-state index contributed by atoms with van der Waals surface area (Å²) in [6, 6.07) is 16.6. The molecule has 3 aromatic rings. The van der Waals surface area contributed by atoms with Crippen LogP contribution < -0.4 is 14.4 Å². The number of methoxy groups -OCH3 is 2. The van der Waals surface area contributed by atoms with Crippen LogP contribution in [-0.4, -0.2) is 80.2 Å². The average Bonchev–Trinajstić information content (AvgIpc) is 3.34. The van der Waals surface area contributed by atoms with E-state index in [0.29, 0.717) is 25.8 Å². The van der Waals surface area contributed by atoms with Crippen molar-refractivity contribution < 1.29 is 28.8 Å². The van der Waals surface area contributed by atoms with Crippen molar-refractivity contribution in [2.75, 3.05) is 52.0 Å². The van der Waals surface area contributed by atoms with Gasteiger partial charge in [0.05, 0.1) is 30.9 Å². The fraction of sp³-hybridized carbons (Fsp3) is 0.514. The third kappa shape index (κ3) is 6.08. The molecule has 0 spiro atoms. The fourth-order valence-corrected chi connectivity index (χ4v) is 7.57. The second-order valence-electron chi connectivity index (χ2n) is 13.2. The number of para-hydroxylation sites is 1. The molecular weight excluding hydrogens is 582 g/mol. The minimum Gasteiger partial charge on any atom is -0.496 e. The lowest BCUT2D eigenvalue weighted by Crippen LogP contribution is -2.47. The Kier molecular flexibility index (Phi) is 9.54. The van der Waals surface area contributed by atoms with Crippen LogP contribution >= 0.6 is 0 Å². The topological polar surface area (TPSA) is 93.6 Å². The summed E-state index contributed by atoms with van der Waals surface area (Å²) in [5, 5.41) is 10.2. The number of aryl methyl sites for hydroxylation is 1. The number of aliphatic carboxylic acids is 1. The van der Waals surface area contributed by atoms with Crippen molar-refractivity contribution in [2.45, 2.75) is 65.3 Å². The number of benzene rings is 2. The van der Waals surface area contributed by atoms with E-state index in [1.54, 1.807) is 14.2 Å². The van der Waals surface area contributed by atoms with E-state index in [1.807, 2.05) is 44.2 Å². The Bertz CT molecular complexity index is 1540. The molecule has 9 heteroatoms. The third-order valence-corrected chi connectivity index (χ3v) is 10.6. The minimum absolute atomic E-state index is 0.0768. The predicted octanol–water partition coefficient (Wildman–Crippen LogP) is 5.74. The lowest BCUT2D eigenvalue weighted by molar-refractivity contribution is -0.151. The van der Waals surface area contributed by atoms with Crippen LogP contribution in [0.3, 0.4) is 0 Å². The summed E-state index contributed by atoms with van der Waals surface area (Å²) in [5.41, 5.74) is 5.43. The molecule has 2 saturated heterocycles. The van der Waals surface area contributed by atoms with E-state index < -0.39 is 11.4 Å². The summed E-state index contributed by atoms with van der Waals surface area (Å²) in [6.07, 6.45) is 3.17. The number of ether oxygens (including phenoxy) is 4. The van der Waals surface area contributed by atoms with Gasteiger partial charge in [-0.25, -0.2) is 4.98 Å².